The predicted molar refractivity (Wildman–Crippen MR) is 83.2 cm³/mol. The Morgan fingerprint density at radius 2 is 2.16 bits per heavy atom. The topological polar surface area (TPSA) is 141 Å². The molecule has 0 spiro atoms. The molecular weight excluding hydrogens is 355 g/mol. The van der Waals surface area contributed by atoms with Gasteiger partial charge in [0.2, 0.25) is 0 Å². The number of carbonyl (C=O) groups is 1. The molecule has 0 saturated carbocycles. The van der Waals surface area contributed by atoms with E-state index >= 15 is 0 Å². The fraction of sp³-hybridized carbons (Fsp3) is 0.0769. The van der Waals surface area contributed by atoms with Crippen molar-refractivity contribution in [1.82, 2.24) is 24.9 Å². The number of aromatic nitrogens is 4. The van der Waals surface area contributed by atoms with Crippen LogP contribution in [0, 0.1) is 5.82 Å². The molecule has 1 amide bonds. The van der Waals surface area contributed by atoms with E-state index in [-0.39, 0.29) is 16.7 Å². The van der Waals surface area contributed by atoms with E-state index in [0.29, 0.717) is 10.00 Å². The summed E-state index contributed by atoms with van der Waals surface area (Å²) in [4.78, 5) is 19.4. The highest BCUT2D eigenvalue weighted by molar-refractivity contribution is 7.92. The monoisotopic (exact) mass is 364 g/mol. The summed E-state index contributed by atoms with van der Waals surface area (Å²) in [5.41, 5.74) is -0.505. The second-order valence-corrected chi connectivity index (χ2v) is 6.78. The third-order valence-electron chi connectivity index (χ3n) is 3.57. The fourth-order valence-corrected chi connectivity index (χ4v) is 3.67. The lowest BCUT2D eigenvalue weighted by Gasteiger charge is -2.17. The predicted octanol–water partition coefficient (Wildman–Crippen LogP) is 0.0456. The molecule has 1 aromatic carbocycles. The summed E-state index contributed by atoms with van der Waals surface area (Å²) in [6.07, 6.45) is 2.82. The van der Waals surface area contributed by atoms with Gasteiger partial charge in [0.1, 0.15) is 29.2 Å². The SMILES string of the molecule is O=C1CN(c2c(O)cc3cnc(-c4cc[nH]n4)nc3c2F)S(=O)(=O)N1. The van der Waals surface area contributed by atoms with E-state index in [4.69, 9.17) is 0 Å². The number of anilines is 1. The number of amides is 1. The minimum Gasteiger partial charge on any atom is -0.506 e. The summed E-state index contributed by atoms with van der Waals surface area (Å²) in [7, 11) is -4.28. The number of phenolic OH excluding ortho intramolecular Hbond substituents is 1. The van der Waals surface area contributed by atoms with Crippen molar-refractivity contribution in [3.05, 3.63) is 30.3 Å². The van der Waals surface area contributed by atoms with E-state index in [1.165, 1.54) is 12.4 Å². The number of halogens is 1. The first-order chi connectivity index (χ1) is 11.9. The molecule has 2 aromatic heterocycles. The summed E-state index contributed by atoms with van der Waals surface area (Å²) in [6.45, 7) is -0.643. The minimum atomic E-state index is -4.28. The lowest BCUT2D eigenvalue weighted by Crippen LogP contribution is -2.30. The van der Waals surface area contributed by atoms with Gasteiger partial charge in [0, 0.05) is 17.8 Å². The van der Waals surface area contributed by atoms with E-state index in [1.807, 2.05) is 0 Å². The number of benzene rings is 1. The number of aromatic amines is 1. The van der Waals surface area contributed by atoms with Gasteiger partial charge in [0.05, 0.1) is 0 Å². The molecule has 3 aromatic rings. The standard InChI is InChI=1S/C13H9FN6O4S/c14-10-11-6(4-15-13(17-11)7-1-2-16-18-7)3-8(21)12(10)20-5-9(22)19-25(20,23)24/h1-4,21H,5H2,(H,16,18)(H,19,22). The van der Waals surface area contributed by atoms with E-state index in [2.05, 4.69) is 20.2 Å². The van der Waals surface area contributed by atoms with Crippen LogP contribution in [0.4, 0.5) is 10.1 Å². The Balaban J connectivity index is 1.95. The normalized spacial score (nSPS) is 16.4. The maximum atomic E-state index is 15.0. The van der Waals surface area contributed by atoms with Crippen molar-refractivity contribution in [1.29, 1.82) is 0 Å². The van der Waals surface area contributed by atoms with Gasteiger partial charge in [-0.1, -0.05) is 0 Å². The van der Waals surface area contributed by atoms with E-state index in [1.54, 1.807) is 10.8 Å². The zero-order valence-electron chi connectivity index (χ0n) is 12.3. The average molecular weight is 364 g/mol. The first-order valence-corrected chi connectivity index (χ1v) is 8.32. The fourth-order valence-electron chi connectivity index (χ4n) is 2.50. The number of hydrogen-bond donors (Lipinski definition) is 3. The van der Waals surface area contributed by atoms with Crippen molar-refractivity contribution in [2.24, 2.45) is 0 Å². The lowest BCUT2D eigenvalue weighted by molar-refractivity contribution is -0.117. The number of nitrogens with zero attached hydrogens (tertiary/aromatic N) is 4. The summed E-state index contributed by atoms with van der Waals surface area (Å²) in [6, 6.07) is 2.70. The molecule has 0 aliphatic carbocycles. The van der Waals surface area contributed by atoms with E-state index in [0.717, 1.165) is 6.07 Å². The molecule has 1 aliphatic heterocycles. The highest BCUT2D eigenvalue weighted by Crippen LogP contribution is 2.37. The molecule has 0 atom stereocenters. The van der Waals surface area contributed by atoms with Crippen LogP contribution in [0.1, 0.15) is 0 Å². The third-order valence-corrected chi connectivity index (χ3v) is 4.94. The number of aromatic hydroxyl groups is 1. The van der Waals surface area contributed by atoms with Gasteiger partial charge in [-0.15, -0.1) is 0 Å². The summed E-state index contributed by atoms with van der Waals surface area (Å²) in [5.74, 6) is -2.46. The Bertz CT molecular complexity index is 1120. The van der Waals surface area contributed by atoms with Gasteiger partial charge in [0.15, 0.2) is 11.6 Å². The smallest absolute Gasteiger partial charge is 0.326 e. The molecule has 128 valence electrons. The molecule has 25 heavy (non-hydrogen) atoms. The zero-order valence-corrected chi connectivity index (χ0v) is 13.1. The maximum absolute atomic E-state index is 15.0. The Morgan fingerprint density at radius 3 is 2.80 bits per heavy atom. The van der Waals surface area contributed by atoms with Crippen LogP contribution in [-0.2, 0) is 15.0 Å². The lowest BCUT2D eigenvalue weighted by atomic mass is 10.2. The number of nitrogens with one attached hydrogen (secondary N) is 2. The first-order valence-electron chi connectivity index (χ1n) is 6.88. The van der Waals surface area contributed by atoms with Crippen LogP contribution in [0.2, 0.25) is 0 Å². The Kier molecular flexibility index (Phi) is 3.12. The molecule has 1 aliphatic rings. The van der Waals surface area contributed by atoms with Crippen molar-refractivity contribution in [2.45, 2.75) is 0 Å². The van der Waals surface area contributed by atoms with Crippen LogP contribution in [0.15, 0.2) is 24.5 Å². The molecular formula is C13H9FN6O4S. The number of H-pyrrole nitrogens is 1. The third kappa shape index (κ3) is 2.34. The van der Waals surface area contributed by atoms with Gasteiger partial charge in [0.25, 0.3) is 5.91 Å². The Morgan fingerprint density at radius 1 is 1.36 bits per heavy atom. The van der Waals surface area contributed by atoms with Crippen LogP contribution < -0.4 is 9.03 Å². The molecule has 0 unspecified atom stereocenters. The molecule has 3 N–H and O–H groups in total. The summed E-state index contributed by atoms with van der Waals surface area (Å²) in [5, 5.41) is 16.7. The summed E-state index contributed by atoms with van der Waals surface area (Å²) >= 11 is 0. The van der Waals surface area contributed by atoms with Crippen molar-refractivity contribution in [3.8, 4) is 17.3 Å². The number of hydrogen-bond acceptors (Lipinski definition) is 7. The Hall–Kier alpha value is -3.28. The van der Waals surface area contributed by atoms with Crippen LogP contribution in [-0.4, -0.2) is 46.1 Å². The van der Waals surface area contributed by atoms with Crippen molar-refractivity contribution < 1.29 is 22.7 Å². The highest BCUT2D eigenvalue weighted by atomic mass is 32.2. The van der Waals surface area contributed by atoms with Gasteiger partial charge < -0.3 is 5.11 Å². The largest absolute Gasteiger partial charge is 0.506 e. The highest BCUT2D eigenvalue weighted by Gasteiger charge is 2.38. The molecule has 3 heterocycles. The Labute approximate surface area is 139 Å². The van der Waals surface area contributed by atoms with Crippen molar-refractivity contribution in [3.63, 3.8) is 0 Å². The van der Waals surface area contributed by atoms with Gasteiger partial charge in [-0.2, -0.15) is 13.5 Å². The second kappa shape index (κ2) is 5.11. The number of fused-ring (bicyclic) bond motifs is 1. The molecule has 0 radical (unpaired) electrons. The minimum absolute atomic E-state index is 0.114. The number of phenols is 1. The van der Waals surface area contributed by atoms with Crippen LogP contribution in [0.3, 0.4) is 0 Å². The quantitative estimate of drug-likeness (QED) is 0.583. The second-order valence-electron chi connectivity index (χ2n) is 5.19. The van der Waals surface area contributed by atoms with Crippen molar-refractivity contribution in [2.75, 3.05) is 10.8 Å². The zero-order chi connectivity index (χ0) is 17.8. The molecule has 1 saturated heterocycles. The van der Waals surface area contributed by atoms with Gasteiger partial charge in [-0.25, -0.2) is 23.4 Å². The summed E-state index contributed by atoms with van der Waals surface area (Å²) < 4.78 is 41.0. The maximum Gasteiger partial charge on any atom is 0.326 e. The van der Waals surface area contributed by atoms with Crippen LogP contribution >= 0.6 is 0 Å². The molecule has 10 nitrogen and oxygen atoms in total. The molecule has 0 bridgehead atoms. The van der Waals surface area contributed by atoms with Crippen molar-refractivity contribution >= 4 is 32.7 Å². The van der Waals surface area contributed by atoms with Crippen LogP contribution in [0.5, 0.6) is 5.75 Å². The van der Waals surface area contributed by atoms with Crippen LogP contribution in [0.25, 0.3) is 22.4 Å². The van der Waals surface area contributed by atoms with Gasteiger partial charge >= 0.3 is 10.2 Å². The number of rotatable bonds is 2. The average Bonchev–Trinajstić information content (AvgIpc) is 3.15. The molecule has 12 heteroatoms. The number of carbonyl (C=O) groups excluding carboxylic acids is 1. The molecule has 4 rings (SSSR count). The first kappa shape index (κ1) is 15.3. The van der Waals surface area contributed by atoms with Gasteiger partial charge in [-0.3, -0.25) is 9.89 Å². The van der Waals surface area contributed by atoms with E-state index < -0.39 is 39.9 Å². The molecule has 1 fully saturated rings. The van der Waals surface area contributed by atoms with E-state index in [9.17, 15) is 22.7 Å². The van der Waals surface area contributed by atoms with Gasteiger partial charge in [-0.05, 0) is 12.1 Å².